The van der Waals surface area contributed by atoms with E-state index in [1.807, 2.05) is 13.0 Å². The number of methoxy groups -OCH3 is 1. The summed E-state index contributed by atoms with van der Waals surface area (Å²) >= 11 is 0. The molecule has 0 saturated heterocycles. The molecule has 0 aliphatic rings. The Morgan fingerprint density at radius 1 is 1.25 bits per heavy atom. The fourth-order valence-corrected chi connectivity index (χ4v) is 2.58. The van der Waals surface area contributed by atoms with Crippen molar-refractivity contribution >= 4 is 10.1 Å². The van der Waals surface area contributed by atoms with Crippen LogP contribution < -0.4 is 0 Å². The summed E-state index contributed by atoms with van der Waals surface area (Å²) in [6.07, 6.45) is -0.787. The highest BCUT2D eigenvalue weighted by atomic mass is 32.2. The predicted octanol–water partition coefficient (Wildman–Crippen LogP) is 2.00. The second-order valence-corrected chi connectivity index (χ2v) is 5.09. The van der Waals surface area contributed by atoms with Gasteiger partial charge in [-0.25, -0.2) is 4.18 Å². The van der Waals surface area contributed by atoms with Crippen LogP contribution in [0, 0.1) is 13.8 Å². The van der Waals surface area contributed by atoms with Crippen molar-refractivity contribution in [1.29, 1.82) is 0 Å². The van der Waals surface area contributed by atoms with Gasteiger partial charge in [0.15, 0.2) is 6.29 Å². The third-order valence-electron chi connectivity index (χ3n) is 2.42. The number of hydrogen-bond donors (Lipinski definition) is 0. The molecular formula is C11H16O4S. The van der Waals surface area contributed by atoms with Gasteiger partial charge in [0.25, 0.3) is 10.1 Å². The molecule has 0 aromatic heterocycles. The molecule has 0 spiro atoms. The van der Waals surface area contributed by atoms with Crippen molar-refractivity contribution in [2.75, 3.05) is 7.11 Å². The summed E-state index contributed by atoms with van der Waals surface area (Å²) in [4.78, 5) is 0.191. The van der Waals surface area contributed by atoms with Gasteiger partial charge in [-0.05, 0) is 38.0 Å². The van der Waals surface area contributed by atoms with Gasteiger partial charge in [0, 0.05) is 7.11 Å². The molecule has 1 atom stereocenters. The van der Waals surface area contributed by atoms with Gasteiger partial charge in [0.1, 0.15) is 0 Å². The molecule has 0 bridgehead atoms. The molecule has 1 aromatic rings. The Hall–Kier alpha value is -0.910. The lowest BCUT2D eigenvalue weighted by Gasteiger charge is -2.13. The van der Waals surface area contributed by atoms with E-state index >= 15 is 0 Å². The van der Waals surface area contributed by atoms with Crippen LogP contribution in [0.25, 0.3) is 0 Å². The molecule has 1 unspecified atom stereocenters. The van der Waals surface area contributed by atoms with Crippen molar-refractivity contribution in [2.24, 2.45) is 0 Å². The van der Waals surface area contributed by atoms with Crippen molar-refractivity contribution in [3.8, 4) is 0 Å². The first-order chi connectivity index (χ1) is 7.38. The maximum Gasteiger partial charge on any atom is 0.299 e. The molecule has 90 valence electrons. The first kappa shape index (κ1) is 13.2. The molecule has 0 radical (unpaired) electrons. The van der Waals surface area contributed by atoms with E-state index in [2.05, 4.69) is 0 Å². The van der Waals surface area contributed by atoms with Crippen molar-refractivity contribution < 1.29 is 17.3 Å². The lowest BCUT2D eigenvalue weighted by Crippen LogP contribution is -2.18. The van der Waals surface area contributed by atoms with Crippen molar-refractivity contribution in [3.63, 3.8) is 0 Å². The second kappa shape index (κ2) is 4.95. The van der Waals surface area contributed by atoms with Crippen LogP contribution in [0.5, 0.6) is 0 Å². The predicted molar refractivity (Wildman–Crippen MR) is 60.7 cm³/mol. The van der Waals surface area contributed by atoms with Gasteiger partial charge in [-0.2, -0.15) is 8.42 Å². The Bertz CT molecular complexity index is 465. The maximum absolute atomic E-state index is 11.9. The molecule has 0 aliphatic heterocycles. The third-order valence-corrected chi connectivity index (χ3v) is 3.92. The highest BCUT2D eigenvalue weighted by Gasteiger charge is 2.21. The van der Waals surface area contributed by atoms with Gasteiger partial charge >= 0.3 is 0 Å². The Balaban J connectivity index is 3.13. The minimum Gasteiger partial charge on any atom is -0.355 e. The van der Waals surface area contributed by atoms with Crippen molar-refractivity contribution in [1.82, 2.24) is 0 Å². The van der Waals surface area contributed by atoms with E-state index in [4.69, 9.17) is 8.92 Å². The van der Waals surface area contributed by atoms with Gasteiger partial charge in [-0.15, -0.1) is 0 Å². The average Bonchev–Trinajstić information content (AvgIpc) is 2.21. The minimum absolute atomic E-state index is 0.191. The molecule has 1 rings (SSSR count). The third kappa shape index (κ3) is 2.81. The van der Waals surface area contributed by atoms with Crippen LogP contribution in [-0.2, 0) is 19.0 Å². The Labute approximate surface area is 96.3 Å². The number of hydrogen-bond acceptors (Lipinski definition) is 4. The highest BCUT2D eigenvalue weighted by Crippen LogP contribution is 2.21. The molecule has 0 heterocycles. The van der Waals surface area contributed by atoms with Gasteiger partial charge < -0.3 is 4.74 Å². The fourth-order valence-electron chi connectivity index (χ4n) is 1.26. The number of benzene rings is 1. The molecule has 0 amide bonds. The molecule has 0 aliphatic carbocycles. The van der Waals surface area contributed by atoms with E-state index in [-0.39, 0.29) is 4.90 Å². The van der Waals surface area contributed by atoms with Crippen LogP contribution in [0.2, 0.25) is 0 Å². The van der Waals surface area contributed by atoms with Gasteiger partial charge in [-0.3, -0.25) is 0 Å². The minimum atomic E-state index is -3.75. The maximum atomic E-state index is 11.9. The van der Waals surface area contributed by atoms with Crippen molar-refractivity contribution in [3.05, 3.63) is 29.3 Å². The first-order valence-corrected chi connectivity index (χ1v) is 6.31. The zero-order valence-electron chi connectivity index (χ0n) is 9.85. The monoisotopic (exact) mass is 244 g/mol. The lowest BCUT2D eigenvalue weighted by atomic mass is 10.1. The zero-order valence-corrected chi connectivity index (χ0v) is 10.7. The SMILES string of the molecule is COC(C)OS(=O)(=O)c1cccc(C)c1C. The summed E-state index contributed by atoms with van der Waals surface area (Å²) in [7, 11) is -2.36. The molecule has 4 nitrogen and oxygen atoms in total. The van der Waals surface area contributed by atoms with Gasteiger partial charge in [0.2, 0.25) is 0 Å². The van der Waals surface area contributed by atoms with Crippen molar-refractivity contribution in [2.45, 2.75) is 32.0 Å². The summed E-state index contributed by atoms with van der Waals surface area (Å²) in [6.45, 7) is 5.14. The average molecular weight is 244 g/mol. The Morgan fingerprint density at radius 3 is 2.44 bits per heavy atom. The topological polar surface area (TPSA) is 52.6 Å². The number of rotatable bonds is 4. The van der Waals surface area contributed by atoms with Crippen LogP contribution in [0.3, 0.4) is 0 Å². The summed E-state index contributed by atoms with van der Waals surface area (Å²) < 4.78 is 33.4. The quantitative estimate of drug-likeness (QED) is 0.600. The van der Waals surface area contributed by atoms with Crippen LogP contribution in [0.1, 0.15) is 18.1 Å². The van der Waals surface area contributed by atoms with Crippen LogP contribution >= 0.6 is 0 Å². The van der Waals surface area contributed by atoms with E-state index in [0.717, 1.165) is 5.56 Å². The van der Waals surface area contributed by atoms with Gasteiger partial charge in [0.05, 0.1) is 4.90 Å². The van der Waals surface area contributed by atoms with Crippen LogP contribution in [0.4, 0.5) is 0 Å². The van der Waals surface area contributed by atoms with Crippen LogP contribution in [0.15, 0.2) is 23.1 Å². The smallest absolute Gasteiger partial charge is 0.299 e. The van der Waals surface area contributed by atoms with Crippen LogP contribution in [-0.4, -0.2) is 21.8 Å². The Kier molecular flexibility index (Phi) is 4.07. The van der Waals surface area contributed by atoms with E-state index in [1.165, 1.54) is 20.1 Å². The summed E-state index contributed by atoms with van der Waals surface area (Å²) in [5.74, 6) is 0. The number of aryl methyl sites for hydroxylation is 1. The lowest BCUT2D eigenvalue weighted by molar-refractivity contribution is -0.0336. The van der Waals surface area contributed by atoms with Gasteiger partial charge in [-0.1, -0.05) is 12.1 Å². The number of ether oxygens (including phenoxy) is 1. The molecule has 5 heteroatoms. The summed E-state index contributed by atoms with van der Waals surface area (Å²) in [6, 6.07) is 5.07. The largest absolute Gasteiger partial charge is 0.355 e. The van der Waals surface area contributed by atoms with E-state index in [0.29, 0.717) is 5.56 Å². The zero-order chi connectivity index (χ0) is 12.3. The summed E-state index contributed by atoms with van der Waals surface area (Å²) in [5.41, 5.74) is 1.61. The second-order valence-electron chi connectivity index (χ2n) is 3.55. The molecule has 0 N–H and O–H groups in total. The van der Waals surface area contributed by atoms with E-state index in [1.54, 1.807) is 13.0 Å². The highest BCUT2D eigenvalue weighted by molar-refractivity contribution is 7.86. The molecule has 0 saturated carbocycles. The first-order valence-electron chi connectivity index (χ1n) is 4.91. The standard InChI is InChI=1S/C11H16O4S/c1-8-6-5-7-11(9(8)2)16(12,13)15-10(3)14-4/h5-7,10H,1-4H3. The molecule has 0 fully saturated rings. The van der Waals surface area contributed by atoms with E-state index < -0.39 is 16.4 Å². The molecular weight excluding hydrogens is 228 g/mol. The summed E-state index contributed by atoms with van der Waals surface area (Å²) in [5, 5.41) is 0. The van der Waals surface area contributed by atoms with E-state index in [9.17, 15) is 8.42 Å². The Morgan fingerprint density at radius 2 is 1.88 bits per heavy atom. The normalized spacial score (nSPS) is 13.8. The molecule has 1 aromatic carbocycles. The fraction of sp³-hybridized carbons (Fsp3) is 0.455. The molecule has 16 heavy (non-hydrogen) atoms.